The number of imidazole rings is 1. The van der Waals surface area contributed by atoms with E-state index in [9.17, 15) is 9.18 Å². The van der Waals surface area contributed by atoms with Crippen molar-refractivity contribution < 1.29 is 4.39 Å². The Morgan fingerprint density at radius 3 is 3.06 bits per heavy atom. The highest BCUT2D eigenvalue weighted by Gasteiger charge is 2.11. The van der Waals surface area contributed by atoms with Crippen LogP contribution in [-0.2, 0) is 0 Å². The minimum absolute atomic E-state index is 0.165. The van der Waals surface area contributed by atoms with Crippen LogP contribution in [0.5, 0.6) is 0 Å². The van der Waals surface area contributed by atoms with Gasteiger partial charge in [0, 0.05) is 17.8 Å². The largest absolute Gasteiger partial charge is 0.331 e. The molecule has 0 aliphatic heterocycles. The van der Waals surface area contributed by atoms with Crippen LogP contribution in [0.1, 0.15) is 0 Å². The van der Waals surface area contributed by atoms with Crippen molar-refractivity contribution in [1.82, 2.24) is 14.4 Å². The van der Waals surface area contributed by atoms with E-state index in [1.165, 1.54) is 16.8 Å². The first-order valence-corrected chi connectivity index (χ1v) is 5.31. The minimum Gasteiger partial charge on any atom is -0.304 e. The standard InChI is InChI=1S/C10H5BrFN3O/c11-6-2-1-5-8(7(6)12)14-10(16)15-4-3-13-9(5)15/h1-4H,(H,14,16). The van der Waals surface area contributed by atoms with Gasteiger partial charge in [-0.25, -0.2) is 14.2 Å². The molecule has 1 N–H and O–H groups in total. The van der Waals surface area contributed by atoms with E-state index in [-0.39, 0.29) is 5.52 Å². The van der Waals surface area contributed by atoms with Gasteiger partial charge in [-0.1, -0.05) is 0 Å². The third-order valence-corrected chi connectivity index (χ3v) is 3.04. The molecule has 80 valence electrons. The summed E-state index contributed by atoms with van der Waals surface area (Å²) in [7, 11) is 0. The van der Waals surface area contributed by atoms with Gasteiger partial charge in [0.05, 0.1) is 9.99 Å². The minimum atomic E-state index is -0.486. The number of fused-ring (bicyclic) bond motifs is 3. The van der Waals surface area contributed by atoms with Gasteiger partial charge in [-0.05, 0) is 28.1 Å². The Bertz CT molecular complexity index is 762. The first-order valence-electron chi connectivity index (χ1n) is 4.51. The molecule has 0 aliphatic carbocycles. The van der Waals surface area contributed by atoms with Crippen molar-refractivity contribution in [3.8, 4) is 0 Å². The van der Waals surface area contributed by atoms with E-state index in [4.69, 9.17) is 0 Å². The fourth-order valence-electron chi connectivity index (χ4n) is 1.69. The lowest BCUT2D eigenvalue weighted by molar-refractivity contribution is 0.629. The zero-order valence-electron chi connectivity index (χ0n) is 7.87. The summed E-state index contributed by atoms with van der Waals surface area (Å²) in [5, 5.41) is 0.574. The van der Waals surface area contributed by atoms with Crippen LogP contribution >= 0.6 is 15.9 Å². The molecule has 6 heteroatoms. The molecule has 0 bridgehead atoms. The van der Waals surface area contributed by atoms with E-state index in [0.717, 1.165) is 0 Å². The number of nitrogens with zero attached hydrogens (tertiary/aromatic N) is 2. The predicted octanol–water partition coefficient (Wildman–Crippen LogP) is 2.08. The summed E-state index contributed by atoms with van der Waals surface area (Å²) in [6.45, 7) is 0. The molecule has 0 unspecified atom stereocenters. The number of benzene rings is 1. The fourth-order valence-corrected chi connectivity index (χ4v) is 2.02. The highest BCUT2D eigenvalue weighted by Crippen LogP contribution is 2.24. The molecular formula is C10H5BrFN3O. The summed E-state index contributed by atoms with van der Waals surface area (Å²) < 4.78 is 15.4. The lowest BCUT2D eigenvalue weighted by Gasteiger charge is -2.02. The van der Waals surface area contributed by atoms with E-state index in [2.05, 4.69) is 25.9 Å². The van der Waals surface area contributed by atoms with Crippen molar-refractivity contribution in [3.63, 3.8) is 0 Å². The Labute approximate surface area is 96.9 Å². The van der Waals surface area contributed by atoms with Gasteiger partial charge < -0.3 is 4.98 Å². The third-order valence-electron chi connectivity index (χ3n) is 2.43. The average Bonchev–Trinajstić information content (AvgIpc) is 2.74. The molecule has 3 aromatic rings. The first kappa shape index (κ1) is 9.53. The molecule has 0 fully saturated rings. The summed E-state index contributed by atoms with van der Waals surface area (Å²) >= 11 is 3.07. The lowest BCUT2D eigenvalue weighted by Crippen LogP contribution is -2.16. The number of H-pyrrole nitrogens is 1. The van der Waals surface area contributed by atoms with Crippen LogP contribution in [0.2, 0.25) is 0 Å². The summed E-state index contributed by atoms with van der Waals surface area (Å²) in [6, 6.07) is 3.30. The predicted molar refractivity (Wildman–Crippen MR) is 61.0 cm³/mol. The van der Waals surface area contributed by atoms with Crippen LogP contribution in [0.3, 0.4) is 0 Å². The van der Waals surface area contributed by atoms with Crippen molar-refractivity contribution in [2.24, 2.45) is 0 Å². The Morgan fingerprint density at radius 1 is 1.44 bits per heavy atom. The zero-order chi connectivity index (χ0) is 11.3. The number of halogens is 2. The van der Waals surface area contributed by atoms with E-state index in [1.807, 2.05) is 0 Å². The van der Waals surface area contributed by atoms with Gasteiger partial charge in [-0.3, -0.25) is 4.40 Å². The van der Waals surface area contributed by atoms with Crippen LogP contribution < -0.4 is 5.69 Å². The Morgan fingerprint density at radius 2 is 2.25 bits per heavy atom. The van der Waals surface area contributed by atoms with Crippen molar-refractivity contribution in [2.45, 2.75) is 0 Å². The molecule has 0 spiro atoms. The number of aromatic amines is 1. The second kappa shape index (κ2) is 3.15. The smallest absolute Gasteiger partial charge is 0.304 e. The molecule has 0 radical (unpaired) electrons. The second-order valence-electron chi connectivity index (χ2n) is 3.33. The molecule has 1 aromatic carbocycles. The fraction of sp³-hybridized carbons (Fsp3) is 0. The van der Waals surface area contributed by atoms with Crippen molar-refractivity contribution >= 4 is 32.5 Å². The van der Waals surface area contributed by atoms with Crippen molar-refractivity contribution in [3.05, 3.63) is 45.3 Å². The molecule has 0 atom stereocenters. The summed E-state index contributed by atoms with van der Waals surface area (Å²) in [4.78, 5) is 18.1. The van der Waals surface area contributed by atoms with Gasteiger partial charge >= 0.3 is 5.69 Å². The SMILES string of the molecule is O=c1[nH]c2c(F)c(Br)ccc2c2nccn12. The normalized spacial score (nSPS) is 11.4. The topological polar surface area (TPSA) is 50.2 Å². The van der Waals surface area contributed by atoms with Gasteiger partial charge in [0.15, 0.2) is 5.82 Å². The molecule has 3 rings (SSSR count). The highest BCUT2D eigenvalue weighted by molar-refractivity contribution is 9.10. The lowest BCUT2D eigenvalue weighted by atomic mass is 10.2. The van der Waals surface area contributed by atoms with Gasteiger partial charge in [0.25, 0.3) is 0 Å². The number of aromatic nitrogens is 3. The van der Waals surface area contributed by atoms with Crippen LogP contribution in [0.25, 0.3) is 16.6 Å². The van der Waals surface area contributed by atoms with E-state index in [0.29, 0.717) is 15.5 Å². The average molecular weight is 282 g/mol. The molecule has 4 nitrogen and oxygen atoms in total. The van der Waals surface area contributed by atoms with Gasteiger partial charge in [-0.2, -0.15) is 0 Å². The quantitative estimate of drug-likeness (QED) is 0.686. The molecular weight excluding hydrogens is 277 g/mol. The summed E-state index contributed by atoms with van der Waals surface area (Å²) in [6.07, 6.45) is 3.04. The van der Waals surface area contributed by atoms with Crippen LogP contribution in [0.4, 0.5) is 4.39 Å². The van der Waals surface area contributed by atoms with Gasteiger partial charge in [0.2, 0.25) is 0 Å². The Hall–Kier alpha value is -1.69. The van der Waals surface area contributed by atoms with Crippen molar-refractivity contribution in [2.75, 3.05) is 0 Å². The molecule has 2 aromatic heterocycles. The maximum Gasteiger partial charge on any atom is 0.331 e. The number of hydrogen-bond acceptors (Lipinski definition) is 2. The third kappa shape index (κ3) is 1.13. The second-order valence-corrected chi connectivity index (χ2v) is 4.19. The van der Waals surface area contributed by atoms with E-state index < -0.39 is 11.5 Å². The zero-order valence-corrected chi connectivity index (χ0v) is 9.45. The Kier molecular flexibility index (Phi) is 1.88. The molecule has 0 saturated heterocycles. The molecule has 2 heterocycles. The van der Waals surface area contributed by atoms with Gasteiger partial charge in [-0.15, -0.1) is 0 Å². The summed E-state index contributed by atoms with van der Waals surface area (Å²) in [5.74, 6) is -0.486. The van der Waals surface area contributed by atoms with E-state index in [1.54, 1.807) is 12.1 Å². The van der Waals surface area contributed by atoms with Crippen LogP contribution in [0, 0.1) is 5.82 Å². The Balaban J connectivity index is 2.68. The maximum absolute atomic E-state index is 13.8. The highest BCUT2D eigenvalue weighted by atomic mass is 79.9. The summed E-state index contributed by atoms with van der Waals surface area (Å²) in [5.41, 5.74) is 0.209. The molecule has 0 aliphatic rings. The van der Waals surface area contributed by atoms with Crippen molar-refractivity contribution in [1.29, 1.82) is 0 Å². The number of hydrogen-bond donors (Lipinski definition) is 1. The first-order chi connectivity index (χ1) is 7.68. The molecule has 0 saturated carbocycles. The van der Waals surface area contributed by atoms with E-state index >= 15 is 0 Å². The van der Waals surface area contributed by atoms with Crippen LogP contribution in [0.15, 0.2) is 33.8 Å². The molecule has 0 amide bonds. The number of rotatable bonds is 0. The maximum atomic E-state index is 13.8. The van der Waals surface area contributed by atoms with Crippen LogP contribution in [-0.4, -0.2) is 14.4 Å². The number of nitrogens with one attached hydrogen (secondary N) is 1. The monoisotopic (exact) mass is 281 g/mol. The molecule has 16 heavy (non-hydrogen) atoms. The van der Waals surface area contributed by atoms with Gasteiger partial charge in [0.1, 0.15) is 5.65 Å².